The number of anilines is 1. The summed E-state index contributed by atoms with van der Waals surface area (Å²) in [6.45, 7) is 6.37. The second-order valence-corrected chi connectivity index (χ2v) is 6.13. The number of benzene rings is 1. The predicted octanol–water partition coefficient (Wildman–Crippen LogP) is 1.89. The van der Waals surface area contributed by atoms with E-state index in [1.807, 2.05) is 26.0 Å². The third kappa shape index (κ3) is 3.83. The minimum atomic E-state index is -0.257. The van der Waals surface area contributed by atoms with Gasteiger partial charge >= 0.3 is 0 Å². The molecule has 1 aromatic carbocycles. The molecule has 0 spiro atoms. The summed E-state index contributed by atoms with van der Waals surface area (Å²) in [4.78, 5) is 2.25. The van der Waals surface area contributed by atoms with E-state index in [-0.39, 0.29) is 18.3 Å². The second-order valence-electron chi connectivity index (χ2n) is 5.69. The lowest BCUT2D eigenvalue weighted by Gasteiger charge is -2.42. The van der Waals surface area contributed by atoms with E-state index in [4.69, 9.17) is 22.1 Å². The molecule has 1 aliphatic heterocycles. The molecule has 0 amide bonds. The predicted molar refractivity (Wildman–Crippen MR) is 77.2 cm³/mol. The number of aliphatic hydroxyl groups excluding tert-OH is 1. The Morgan fingerprint density at radius 1 is 1.53 bits per heavy atom. The number of halogens is 1. The van der Waals surface area contributed by atoms with Crippen molar-refractivity contribution in [3.8, 4) is 0 Å². The zero-order chi connectivity index (χ0) is 14.0. The van der Waals surface area contributed by atoms with Crippen molar-refractivity contribution in [3.63, 3.8) is 0 Å². The Labute approximate surface area is 119 Å². The van der Waals surface area contributed by atoms with Crippen molar-refractivity contribution in [3.05, 3.63) is 28.8 Å². The SMILES string of the molecule is CC1(C)CN(Cc2ccc(Cl)cc2N)CC(CO)O1. The molecule has 2 rings (SSSR count). The van der Waals surface area contributed by atoms with Gasteiger partial charge in [0.15, 0.2) is 0 Å². The number of rotatable bonds is 3. The molecule has 1 aromatic rings. The summed E-state index contributed by atoms with van der Waals surface area (Å²) in [6.07, 6.45) is -0.141. The Morgan fingerprint density at radius 3 is 2.89 bits per heavy atom. The van der Waals surface area contributed by atoms with Crippen molar-refractivity contribution < 1.29 is 9.84 Å². The molecule has 1 aliphatic rings. The van der Waals surface area contributed by atoms with Gasteiger partial charge in [-0.1, -0.05) is 17.7 Å². The highest BCUT2D eigenvalue weighted by Crippen LogP contribution is 2.25. The van der Waals surface area contributed by atoms with Crippen LogP contribution in [0.1, 0.15) is 19.4 Å². The summed E-state index contributed by atoms with van der Waals surface area (Å²) in [6, 6.07) is 5.57. The molecule has 1 fully saturated rings. The van der Waals surface area contributed by atoms with Gasteiger partial charge in [0.25, 0.3) is 0 Å². The number of morpholine rings is 1. The minimum Gasteiger partial charge on any atom is -0.398 e. The average Bonchev–Trinajstić information content (AvgIpc) is 2.31. The quantitative estimate of drug-likeness (QED) is 0.833. The van der Waals surface area contributed by atoms with Crippen LogP contribution >= 0.6 is 11.6 Å². The highest BCUT2D eigenvalue weighted by atomic mass is 35.5. The van der Waals surface area contributed by atoms with Crippen molar-refractivity contribution in [1.82, 2.24) is 4.90 Å². The van der Waals surface area contributed by atoms with Gasteiger partial charge in [-0.15, -0.1) is 0 Å². The van der Waals surface area contributed by atoms with Gasteiger partial charge in [-0.3, -0.25) is 4.90 Å². The van der Waals surface area contributed by atoms with Crippen LogP contribution in [-0.4, -0.2) is 41.4 Å². The number of ether oxygens (including phenoxy) is 1. The zero-order valence-corrected chi connectivity index (χ0v) is 12.2. The molecule has 1 atom stereocenters. The van der Waals surface area contributed by atoms with E-state index in [1.54, 1.807) is 6.07 Å². The average molecular weight is 285 g/mol. The molecule has 106 valence electrons. The van der Waals surface area contributed by atoms with E-state index in [0.717, 1.165) is 18.7 Å². The standard InChI is InChI=1S/C14H21ClN2O2/c1-14(2)9-17(7-12(8-18)19-14)6-10-3-4-11(15)5-13(10)16/h3-5,12,18H,6-9,16H2,1-2H3. The lowest BCUT2D eigenvalue weighted by atomic mass is 10.0. The van der Waals surface area contributed by atoms with Gasteiger partial charge in [0.1, 0.15) is 0 Å². The van der Waals surface area contributed by atoms with Crippen LogP contribution in [0, 0.1) is 0 Å². The second kappa shape index (κ2) is 5.67. The molecule has 5 heteroatoms. The topological polar surface area (TPSA) is 58.7 Å². The number of nitrogens with zero attached hydrogens (tertiary/aromatic N) is 1. The Balaban J connectivity index is 2.09. The summed E-state index contributed by atoms with van der Waals surface area (Å²) in [7, 11) is 0. The van der Waals surface area contributed by atoms with Crippen LogP contribution in [0.25, 0.3) is 0 Å². The van der Waals surface area contributed by atoms with Crippen molar-refractivity contribution >= 4 is 17.3 Å². The molecule has 3 N–H and O–H groups in total. The fraction of sp³-hybridized carbons (Fsp3) is 0.571. The maximum absolute atomic E-state index is 9.30. The van der Waals surface area contributed by atoms with Crippen LogP contribution < -0.4 is 5.73 Å². The van der Waals surface area contributed by atoms with Crippen molar-refractivity contribution in [2.45, 2.75) is 32.1 Å². The largest absolute Gasteiger partial charge is 0.398 e. The molecule has 0 aromatic heterocycles. The first-order valence-corrected chi connectivity index (χ1v) is 6.82. The smallest absolute Gasteiger partial charge is 0.0940 e. The van der Waals surface area contributed by atoms with Gasteiger partial charge in [-0.2, -0.15) is 0 Å². The lowest BCUT2D eigenvalue weighted by Crippen LogP contribution is -2.53. The Hall–Kier alpha value is -0.810. The van der Waals surface area contributed by atoms with Crippen LogP contribution in [0.4, 0.5) is 5.69 Å². The highest BCUT2D eigenvalue weighted by molar-refractivity contribution is 6.30. The lowest BCUT2D eigenvalue weighted by molar-refractivity contribution is -0.150. The van der Waals surface area contributed by atoms with Gasteiger partial charge in [-0.25, -0.2) is 0 Å². The zero-order valence-electron chi connectivity index (χ0n) is 11.4. The van der Waals surface area contributed by atoms with Gasteiger partial charge < -0.3 is 15.6 Å². The molecular weight excluding hydrogens is 264 g/mol. The van der Waals surface area contributed by atoms with Crippen LogP contribution in [0.2, 0.25) is 5.02 Å². The molecule has 0 radical (unpaired) electrons. The summed E-state index contributed by atoms with van der Waals surface area (Å²) < 4.78 is 5.80. The van der Waals surface area contributed by atoms with E-state index in [9.17, 15) is 5.11 Å². The maximum atomic E-state index is 9.30. The summed E-state index contributed by atoms with van der Waals surface area (Å²) in [5.74, 6) is 0. The van der Waals surface area contributed by atoms with E-state index in [1.165, 1.54) is 0 Å². The number of hydrogen-bond donors (Lipinski definition) is 2. The fourth-order valence-electron chi connectivity index (χ4n) is 2.58. The normalized spacial score (nSPS) is 23.5. The van der Waals surface area contributed by atoms with Crippen molar-refractivity contribution in [1.29, 1.82) is 0 Å². The Kier molecular flexibility index (Phi) is 4.36. The Bertz CT molecular complexity index is 451. The van der Waals surface area contributed by atoms with Crippen LogP contribution in [0.15, 0.2) is 18.2 Å². The molecular formula is C14H21ClN2O2. The van der Waals surface area contributed by atoms with Gasteiger partial charge in [-0.05, 0) is 31.5 Å². The van der Waals surface area contributed by atoms with E-state index in [0.29, 0.717) is 17.3 Å². The third-order valence-corrected chi connectivity index (χ3v) is 3.49. The first-order chi connectivity index (χ1) is 8.89. The number of hydrogen-bond acceptors (Lipinski definition) is 4. The minimum absolute atomic E-state index is 0.0377. The van der Waals surface area contributed by atoms with Gasteiger partial charge in [0.2, 0.25) is 0 Å². The number of nitrogens with two attached hydrogens (primary N) is 1. The van der Waals surface area contributed by atoms with Gasteiger partial charge in [0.05, 0.1) is 18.3 Å². The molecule has 0 bridgehead atoms. The highest BCUT2D eigenvalue weighted by Gasteiger charge is 2.33. The van der Waals surface area contributed by atoms with Crippen LogP contribution in [0.5, 0.6) is 0 Å². The van der Waals surface area contributed by atoms with E-state index in [2.05, 4.69) is 4.90 Å². The summed E-state index contributed by atoms with van der Waals surface area (Å²) in [5.41, 5.74) is 7.48. The molecule has 4 nitrogen and oxygen atoms in total. The summed E-state index contributed by atoms with van der Waals surface area (Å²) >= 11 is 5.90. The molecule has 1 unspecified atom stereocenters. The molecule has 0 aliphatic carbocycles. The van der Waals surface area contributed by atoms with E-state index >= 15 is 0 Å². The Morgan fingerprint density at radius 2 is 2.26 bits per heavy atom. The van der Waals surface area contributed by atoms with Gasteiger partial charge in [0, 0.05) is 30.3 Å². The number of nitrogen functional groups attached to an aromatic ring is 1. The van der Waals surface area contributed by atoms with E-state index < -0.39 is 0 Å². The first kappa shape index (κ1) is 14.6. The van der Waals surface area contributed by atoms with Crippen molar-refractivity contribution in [2.24, 2.45) is 0 Å². The van der Waals surface area contributed by atoms with Crippen molar-refractivity contribution in [2.75, 3.05) is 25.4 Å². The molecule has 1 heterocycles. The molecule has 19 heavy (non-hydrogen) atoms. The first-order valence-electron chi connectivity index (χ1n) is 6.44. The number of aliphatic hydroxyl groups is 1. The molecule has 0 saturated carbocycles. The molecule has 1 saturated heterocycles. The summed E-state index contributed by atoms with van der Waals surface area (Å²) in [5, 5.41) is 9.95. The van der Waals surface area contributed by atoms with Crippen LogP contribution in [0.3, 0.4) is 0 Å². The van der Waals surface area contributed by atoms with Crippen LogP contribution in [-0.2, 0) is 11.3 Å². The fourth-order valence-corrected chi connectivity index (χ4v) is 2.76. The monoisotopic (exact) mass is 284 g/mol. The third-order valence-electron chi connectivity index (χ3n) is 3.26. The maximum Gasteiger partial charge on any atom is 0.0940 e.